The molecule has 1 aromatic carbocycles. The predicted molar refractivity (Wildman–Crippen MR) is 100 cm³/mol. The summed E-state index contributed by atoms with van der Waals surface area (Å²) < 4.78 is 6.85. The normalized spacial score (nSPS) is 16.2. The van der Waals surface area contributed by atoms with Gasteiger partial charge in [0.1, 0.15) is 12.4 Å². The number of carbonyl (C=O) groups excluding carboxylic acids is 1. The summed E-state index contributed by atoms with van der Waals surface area (Å²) >= 11 is 0. The van der Waals surface area contributed by atoms with Gasteiger partial charge in [-0.2, -0.15) is 0 Å². The Morgan fingerprint density at radius 1 is 1.18 bits per heavy atom. The van der Waals surface area contributed by atoms with Crippen LogP contribution in [0.4, 0.5) is 0 Å². The molecule has 3 heterocycles. The first-order chi connectivity index (χ1) is 13.7. The van der Waals surface area contributed by atoms with Crippen LogP contribution in [0.3, 0.4) is 0 Å². The smallest absolute Gasteiger partial charge is 0.248 e. The monoisotopic (exact) mass is 381 g/mol. The fourth-order valence-corrected chi connectivity index (χ4v) is 3.49. The molecule has 0 radical (unpaired) electrons. The molecule has 1 aliphatic heterocycles. The van der Waals surface area contributed by atoms with Crippen molar-refractivity contribution in [3.8, 4) is 0 Å². The molecule has 28 heavy (non-hydrogen) atoms. The standard InChI is InChI=1S/C19H23N7O2/c1-15-11-17(28-21-15)13-24-7-9-25(10-8-24)19(27)18(26-14-20-22-23-26)12-16-5-3-2-4-6-16/h2-6,11,14,18H,7-10,12-13H2,1H3. The van der Waals surface area contributed by atoms with Gasteiger partial charge in [0.2, 0.25) is 5.91 Å². The van der Waals surface area contributed by atoms with E-state index in [1.807, 2.05) is 48.2 Å². The van der Waals surface area contributed by atoms with Gasteiger partial charge in [-0.25, -0.2) is 4.68 Å². The maximum atomic E-state index is 13.2. The van der Waals surface area contributed by atoms with Gasteiger partial charge in [-0.05, 0) is 22.9 Å². The van der Waals surface area contributed by atoms with E-state index in [1.165, 1.54) is 6.33 Å². The summed E-state index contributed by atoms with van der Waals surface area (Å²) in [5.74, 6) is 0.902. The highest BCUT2D eigenvalue weighted by Crippen LogP contribution is 2.18. The number of piperazine rings is 1. The Kier molecular flexibility index (Phi) is 5.43. The summed E-state index contributed by atoms with van der Waals surface area (Å²) in [5, 5.41) is 15.3. The van der Waals surface area contributed by atoms with Crippen molar-refractivity contribution < 1.29 is 9.32 Å². The van der Waals surface area contributed by atoms with Crippen LogP contribution in [0.1, 0.15) is 23.1 Å². The van der Waals surface area contributed by atoms with Gasteiger partial charge in [0, 0.05) is 38.7 Å². The van der Waals surface area contributed by atoms with Crippen LogP contribution in [-0.4, -0.2) is 67.2 Å². The van der Waals surface area contributed by atoms with Crippen LogP contribution < -0.4 is 0 Å². The minimum Gasteiger partial charge on any atom is -0.360 e. The first kappa shape index (κ1) is 18.3. The molecule has 2 aromatic heterocycles. The van der Waals surface area contributed by atoms with E-state index in [0.717, 1.165) is 30.1 Å². The maximum Gasteiger partial charge on any atom is 0.248 e. The summed E-state index contributed by atoms with van der Waals surface area (Å²) in [6, 6.07) is 11.4. The second-order valence-electron chi connectivity index (χ2n) is 7.03. The number of nitrogens with zero attached hydrogens (tertiary/aromatic N) is 7. The first-order valence-corrected chi connectivity index (χ1v) is 9.39. The third-order valence-electron chi connectivity index (χ3n) is 4.98. The van der Waals surface area contributed by atoms with Crippen molar-refractivity contribution in [2.24, 2.45) is 0 Å². The summed E-state index contributed by atoms with van der Waals surface area (Å²) in [5.41, 5.74) is 1.96. The number of tetrazole rings is 1. The molecule has 3 aromatic rings. The Labute approximate surface area is 162 Å². The second kappa shape index (κ2) is 8.30. The lowest BCUT2D eigenvalue weighted by atomic mass is 10.0. The molecule has 1 amide bonds. The molecule has 1 unspecified atom stereocenters. The number of rotatable bonds is 6. The molecular formula is C19H23N7O2. The third kappa shape index (κ3) is 4.25. The molecule has 0 N–H and O–H groups in total. The van der Waals surface area contributed by atoms with Crippen molar-refractivity contribution in [3.05, 3.63) is 59.7 Å². The average Bonchev–Trinajstić information content (AvgIpc) is 3.39. The van der Waals surface area contributed by atoms with E-state index in [0.29, 0.717) is 26.1 Å². The lowest BCUT2D eigenvalue weighted by molar-refractivity contribution is -0.137. The zero-order valence-electron chi connectivity index (χ0n) is 15.8. The van der Waals surface area contributed by atoms with E-state index in [4.69, 9.17) is 4.52 Å². The molecule has 146 valence electrons. The van der Waals surface area contributed by atoms with E-state index in [1.54, 1.807) is 4.68 Å². The molecule has 1 aliphatic rings. The maximum absolute atomic E-state index is 13.2. The molecular weight excluding hydrogens is 358 g/mol. The van der Waals surface area contributed by atoms with Gasteiger partial charge in [-0.15, -0.1) is 5.10 Å². The number of carbonyl (C=O) groups is 1. The number of aryl methyl sites for hydroxylation is 1. The Bertz CT molecular complexity index is 886. The van der Waals surface area contributed by atoms with Gasteiger partial charge in [-0.1, -0.05) is 35.5 Å². The first-order valence-electron chi connectivity index (χ1n) is 9.39. The van der Waals surface area contributed by atoms with Crippen molar-refractivity contribution in [3.63, 3.8) is 0 Å². The van der Waals surface area contributed by atoms with Gasteiger partial charge >= 0.3 is 0 Å². The lowest BCUT2D eigenvalue weighted by Crippen LogP contribution is -2.50. The Balaban J connectivity index is 1.40. The third-order valence-corrected chi connectivity index (χ3v) is 4.98. The van der Waals surface area contributed by atoms with E-state index in [2.05, 4.69) is 25.6 Å². The molecule has 0 bridgehead atoms. The number of aromatic nitrogens is 5. The molecule has 1 saturated heterocycles. The van der Waals surface area contributed by atoms with Crippen molar-refractivity contribution in [1.82, 2.24) is 35.2 Å². The summed E-state index contributed by atoms with van der Waals surface area (Å²) in [6.45, 7) is 5.54. The zero-order valence-corrected chi connectivity index (χ0v) is 15.8. The number of hydrogen-bond donors (Lipinski definition) is 0. The molecule has 4 rings (SSSR count). The topological polar surface area (TPSA) is 93.2 Å². The Morgan fingerprint density at radius 3 is 2.61 bits per heavy atom. The molecule has 0 spiro atoms. The lowest BCUT2D eigenvalue weighted by Gasteiger charge is -2.35. The van der Waals surface area contributed by atoms with E-state index in [9.17, 15) is 4.79 Å². The minimum absolute atomic E-state index is 0.0475. The van der Waals surface area contributed by atoms with Gasteiger partial charge in [0.15, 0.2) is 5.76 Å². The van der Waals surface area contributed by atoms with Crippen molar-refractivity contribution in [2.45, 2.75) is 25.9 Å². The summed E-state index contributed by atoms with van der Waals surface area (Å²) in [4.78, 5) is 17.4. The van der Waals surface area contributed by atoms with Gasteiger partial charge in [-0.3, -0.25) is 9.69 Å². The molecule has 0 saturated carbocycles. The second-order valence-corrected chi connectivity index (χ2v) is 7.03. The fraction of sp³-hybridized carbons (Fsp3) is 0.421. The highest BCUT2D eigenvalue weighted by Gasteiger charge is 2.30. The highest BCUT2D eigenvalue weighted by molar-refractivity contribution is 5.80. The molecule has 1 atom stereocenters. The Hall–Kier alpha value is -3.07. The minimum atomic E-state index is -0.444. The summed E-state index contributed by atoms with van der Waals surface area (Å²) in [7, 11) is 0. The van der Waals surface area contributed by atoms with Crippen LogP contribution in [0.15, 0.2) is 47.2 Å². The Morgan fingerprint density at radius 2 is 1.96 bits per heavy atom. The van der Waals surface area contributed by atoms with Crippen LogP contribution in [0.25, 0.3) is 0 Å². The van der Waals surface area contributed by atoms with Crippen molar-refractivity contribution >= 4 is 5.91 Å². The molecule has 0 aliphatic carbocycles. The summed E-state index contributed by atoms with van der Waals surface area (Å²) in [6.07, 6.45) is 2.07. The SMILES string of the molecule is Cc1cc(CN2CCN(C(=O)C(Cc3ccccc3)n3cnnn3)CC2)on1. The van der Waals surface area contributed by atoms with Crippen LogP contribution in [0.5, 0.6) is 0 Å². The van der Waals surface area contributed by atoms with Crippen molar-refractivity contribution in [2.75, 3.05) is 26.2 Å². The molecule has 1 fully saturated rings. The van der Waals surface area contributed by atoms with Crippen molar-refractivity contribution in [1.29, 1.82) is 0 Å². The number of hydrogen-bond acceptors (Lipinski definition) is 7. The highest BCUT2D eigenvalue weighted by atomic mass is 16.5. The average molecular weight is 381 g/mol. The van der Waals surface area contributed by atoms with Gasteiger partial charge in [0.25, 0.3) is 0 Å². The zero-order chi connectivity index (χ0) is 19.3. The van der Waals surface area contributed by atoms with Crippen LogP contribution >= 0.6 is 0 Å². The quantitative estimate of drug-likeness (QED) is 0.631. The predicted octanol–water partition coefficient (Wildman–Crippen LogP) is 1.10. The number of amides is 1. The van der Waals surface area contributed by atoms with Gasteiger partial charge < -0.3 is 9.42 Å². The fourth-order valence-electron chi connectivity index (χ4n) is 3.49. The van der Waals surface area contributed by atoms with E-state index in [-0.39, 0.29) is 5.91 Å². The molecule has 9 heteroatoms. The van der Waals surface area contributed by atoms with E-state index >= 15 is 0 Å². The van der Waals surface area contributed by atoms with Crippen LogP contribution in [0.2, 0.25) is 0 Å². The van der Waals surface area contributed by atoms with Crippen LogP contribution in [-0.2, 0) is 17.8 Å². The van der Waals surface area contributed by atoms with Gasteiger partial charge in [0.05, 0.1) is 12.2 Å². The van der Waals surface area contributed by atoms with Crippen LogP contribution in [0, 0.1) is 6.92 Å². The number of benzene rings is 1. The largest absolute Gasteiger partial charge is 0.360 e. The van der Waals surface area contributed by atoms with E-state index < -0.39 is 6.04 Å². The molecule has 9 nitrogen and oxygen atoms in total.